The summed E-state index contributed by atoms with van der Waals surface area (Å²) in [7, 11) is -1.85. The molecule has 11 nitrogen and oxygen atoms in total. The molecule has 0 spiro atoms. The van der Waals surface area contributed by atoms with E-state index in [-0.39, 0.29) is 35.0 Å². The molecule has 0 unspecified atom stereocenters. The average Bonchev–Trinajstić information content (AvgIpc) is 3.05. The number of carbonyl (C=O) groups is 2. The third kappa shape index (κ3) is 7.82. The number of carbonyl (C=O) groups excluding carboxylic acids is 2. The van der Waals surface area contributed by atoms with Crippen LogP contribution < -0.4 is 14.4 Å². The van der Waals surface area contributed by atoms with Gasteiger partial charge in [0.25, 0.3) is 15.7 Å². The molecule has 0 fully saturated rings. The molecule has 0 aliphatic rings. The van der Waals surface area contributed by atoms with Crippen molar-refractivity contribution >= 4 is 44.8 Å². The van der Waals surface area contributed by atoms with Gasteiger partial charge in [-0.1, -0.05) is 78.3 Å². The lowest BCUT2D eigenvalue weighted by atomic mass is 10.0. The summed E-state index contributed by atoms with van der Waals surface area (Å²) in [6, 6.07) is 24.9. The van der Waals surface area contributed by atoms with Crippen LogP contribution in [0.3, 0.4) is 0 Å². The Labute approximate surface area is 272 Å². The Bertz CT molecular complexity index is 1820. The van der Waals surface area contributed by atoms with Gasteiger partial charge in [-0.25, -0.2) is 8.42 Å². The highest BCUT2D eigenvalue weighted by molar-refractivity contribution is 7.92. The number of likely N-dealkylation sites (N-methyl/N-ethyl adjacent to an activating group) is 1. The maximum absolute atomic E-state index is 14.4. The molecule has 240 valence electrons. The summed E-state index contributed by atoms with van der Waals surface area (Å²) in [5.41, 5.74) is 1.29. The van der Waals surface area contributed by atoms with E-state index >= 15 is 0 Å². The number of nitrogens with one attached hydrogen (secondary N) is 1. The van der Waals surface area contributed by atoms with E-state index in [2.05, 4.69) is 5.32 Å². The van der Waals surface area contributed by atoms with E-state index < -0.39 is 49.9 Å². The number of sulfonamides is 1. The SMILES string of the molecule is CNC(=O)[C@H](Cc1ccccc1)N(Cc1ccccc1)C(=O)CN(c1cc(Cl)ccc1OC)S(=O)(=O)c1ccc(C)c([N+](=O)[O-])c1. The smallest absolute Gasteiger partial charge is 0.273 e. The predicted molar refractivity (Wildman–Crippen MR) is 175 cm³/mol. The Morgan fingerprint density at radius 1 is 0.957 bits per heavy atom. The van der Waals surface area contributed by atoms with Gasteiger partial charge < -0.3 is 15.0 Å². The molecule has 1 atom stereocenters. The Morgan fingerprint density at radius 3 is 2.17 bits per heavy atom. The number of hydrogen-bond acceptors (Lipinski definition) is 7. The first-order valence-electron chi connectivity index (χ1n) is 14.2. The van der Waals surface area contributed by atoms with Crippen molar-refractivity contribution in [1.29, 1.82) is 0 Å². The van der Waals surface area contributed by atoms with Crippen LogP contribution in [0, 0.1) is 17.0 Å². The lowest BCUT2D eigenvalue weighted by molar-refractivity contribution is -0.385. The molecule has 1 N–H and O–H groups in total. The lowest BCUT2D eigenvalue weighted by Gasteiger charge is -2.34. The van der Waals surface area contributed by atoms with E-state index in [9.17, 15) is 28.1 Å². The van der Waals surface area contributed by atoms with Crippen LogP contribution >= 0.6 is 11.6 Å². The van der Waals surface area contributed by atoms with Gasteiger partial charge in [-0.3, -0.25) is 24.0 Å². The summed E-state index contributed by atoms with van der Waals surface area (Å²) in [5.74, 6) is -1.07. The molecule has 0 saturated heterocycles. The monoisotopic (exact) mass is 664 g/mol. The fourth-order valence-corrected chi connectivity index (χ4v) is 6.55. The topological polar surface area (TPSA) is 139 Å². The zero-order chi connectivity index (χ0) is 33.4. The van der Waals surface area contributed by atoms with Gasteiger partial charge in [0, 0.05) is 36.7 Å². The third-order valence-corrected chi connectivity index (χ3v) is 9.36. The first kappa shape index (κ1) is 33.9. The van der Waals surface area contributed by atoms with Gasteiger partial charge in [-0.05, 0) is 42.3 Å². The van der Waals surface area contributed by atoms with Crippen LogP contribution in [0.5, 0.6) is 5.75 Å². The van der Waals surface area contributed by atoms with Crippen LogP contribution in [0.2, 0.25) is 5.02 Å². The number of hydrogen-bond donors (Lipinski definition) is 1. The highest BCUT2D eigenvalue weighted by Gasteiger charge is 2.36. The Morgan fingerprint density at radius 2 is 1.59 bits per heavy atom. The molecular weight excluding hydrogens is 632 g/mol. The number of rotatable bonds is 13. The van der Waals surface area contributed by atoms with Crippen molar-refractivity contribution in [2.45, 2.75) is 30.8 Å². The summed E-state index contributed by atoms with van der Waals surface area (Å²) >= 11 is 6.29. The van der Waals surface area contributed by atoms with Crippen LogP contribution in [-0.4, -0.2) is 56.8 Å². The molecule has 0 aliphatic carbocycles. The van der Waals surface area contributed by atoms with E-state index in [1.165, 1.54) is 56.3 Å². The number of nitro groups is 1. The van der Waals surface area contributed by atoms with Crippen LogP contribution in [0.1, 0.15) is 16.7 Å². The molecule has 4 aromatic rings. The van der Waals surface area contributed by atoms with Crippen molar-refractivity contribution in [2.75, 3.05) is 25.0 Å². The summed E-state index contributed by atoms with van der Waals surface area (Å²) in [6.45, 7) is 0.694. The highest BCUT2D eigenvalue weighted by Crippen LogP contribution is 2.36. The summed E-state index contributed by atoms with van der Waals surface area (Å²) in [4.78, 5) is 39.7. The van der Waals surface area contributed by atoms with Crippen LogP contribution in [-0.2, 0) is 32.6 Å². The fourth-order valence-electron chi connectivity index (χ4n) is 4.95. The van der Waals surface area contributed by atoms with Gasteiger partial charge in [0.1, 0.15) is 18.3 Å². The number of ether oxygens (including phenoxy) is 1. The number of methoxy groups -OCH3 is 1. The van der Waals surface area contributed by atoms with Gasteiger partial charge >= 0.3 is 0 Å². The second-order valence-electron chi connectivity index (χ2n) is 10.4. The number of nitro benzene ring substituents is 1. The molecule has 46 heavy (non-hydrogen) atoms. The number of aryl methyl sites for hydroxylation is 1. The Balaban J connectivity index is 1.87. The maximum Gasteiger partial charge on any atom is 0.273 e. The first-order chi connectivity index (χ1) is 22.0. The van der Waals surface area contributed by atoms with Crippen molar-refractivity contribution in [3.63, 3.8) is 0 Å². The minimum atomic E-state index is -4.65. The highest BCUT2D eigenvalue weighted by atomic mass is 35.5. The number of benzene rings is 4. The molecule has 0 saturated carbocycles. The zero-order valence-corrected chi connectivity index (χ0v) is 27.0. The first-order valence-corrected chi connectivity index (χ1v) is 16.0. The van der Waals surface area contributed by atoms with E-state index in [1.54, 1.807) is 24.3 Å². The average molecular weight is 665 g/mol. The van der Waals surface area contributed by atoms with Crippen LogP contribution in [0.4, 0.5) is 11.4 Å². The summed E-state index contributed by atoms with van der Waals surface area (Å²) in [6.07, 6.45) is 0.149. The van der Waals surface area contributed by atoms with Crippen molar-refractivity contribution in [3.05, 3.63) is 129 Å². The second-order valence-corrected chi connectivity index (χ2v) is 12.7. The molecule has 13 heteroatoms. The minimum absolute atomic E-state index is 0.0127. The molecule has 2 amide bonds. The molecule has 0 aromatic heterocycles. The second kappa shape index (κ2) is 14.9. The predicted octanol–water partition coefficient (Wildman–Crippen LogP) is 5.15. The zero-order valence-electron chi connectivity index (χ0n) is 25.4. The van der Waals surface area contributed by atoms with Crippen molar-refractivity contribution in [3.8, 4) is 5.75 Å². The minimum Gasteiger partial charge on any atom is -0.495 e. The van der Waals surface area contributed by atoms with E-state index in [1.807, 2.05) is 36.4 Å². The number of halogens is 1. The van der Waals surface area contributed by atoms with Gasteiger partial charge in [0.15, 0.2) is 0 Å². The summed E-state index contributed by atoms with van der Waals surface area (Å²) < 4.78 is 34.9. The molecule has 0 bridgehead atoms. The van der Waals surface area contributed by atoms with Crippen molar-refractivity contribution in [1.82, 2.24) is 10.2 Å². The van der Waals surface area contributed by atoms with Crippen molar-refractivity contribution in [2.24, 2.45) is 0 Å². The quantitative estimate of drug-likeness (QED) is 0.154. The standard InChI is InChI=1S/C33H33ClN4O7S/c1-23-14-16-27(20-28(23)38(41)42)46(43,44)37(29-19-26(34)15-17-31(29)45-3)22-32(39)36(21-25-12-8-5-9-13-25)30(33(40)35-2)18-24-10-6-4-7-11-24/h4-17,19-20,30H,18,21-22H2,1-3H3,(H,35,40)/t30-/m0/s1. The Hall–Kier alpha value is -4.94. The van der Waals surface area contributed by atoms with Gasteiger partial charge in [0.2, 0.25) is 11.8 Å². The van der Waals surface area contributed by atoms with E-state index in [4.69, 9.17) is 16.3 Å². The number of nitrogens with zero attached hydrogens (tertiary/aromatic N) is 3. The third-order valence-electron chi connectivity index (χ3n) is 7.37. The van der Waals surface area contributed by atoms with Crippen molar-refractivity contribution < 1.29 is 27.7 Å². The van der Waals surface area contributed by atoms with Gasteiger partial charge in [0.05, 0.1) is 22.6 Å². The molecular formula is C33H33ClN4O7S. The molecule has 0 heterocycles. The van der Waals surface area contributed by atoms with Crippen LogP contribution in [0.15, 0.2) is 102 Å². The molecule has 0 radical (unpaired) electrons. The fraction of sp³-hybridized carbons (Fsp3) is 0.212. The number of anilines is 1. The van der Waals surface area contributed by atoms with E-state index in [0.717, 1.165) is 15.9 Å². The van der Waals surface area contributed by atoms with Gasteiger partial charge in [-0.15, -0.1) is 0 Å². The number of amides is 2. The molecule has 4 rings (SSSR count). The van der Waals surface area contributed by atoms with Gasteiger partial charge in [-0.2, -0.15) is 0 Å². The molecule has 4 aromatic carbocycles. The lowest BCUT2D eigenvalue weighted by Crippen LogP contribution is -2.53. The van der Waals surface area contributed by atoms with E-state index in [0.29, 0.717) is 5.56 Å². The Kier molecular flexibility index (Phi) is 11.0. The normalized spacial score (nSPS) is 11.7. The maximum atomic E-state index is 14.4. The largest absolute Gasteiger partial charge is 0.495 e. The van der Waals surface area contributed by atoms with Crippen LogP contribution in [0.25, 0.3) is 0 Å². The molecule has 0 aliphatic heterocycles. The summed E-state index contributed by atoms with van der Waals surface area (Å²) in [5, 5.41) is 14.5.